The van der Waals surface area contributed by atoms with Crippen LogP contribution in [0.3, 0.4) is 0 Å². The maximum Gasteiger partial charge on any atom is 0.246 e. The monoisotopic (exact) mass is 494 g/mol. The number of nitrogens with zero attached hydrogens (tertiary/aromatic N) is 4. The van der Waals surface area contributed by atoms with E-state index in [9.17, 15) is 13.2 Å². The zero-order valence-corrected chi connectivity index (χ0v) is 20.0. The smallest absolute Gasteiger partial charge is 0.246 e. The van der Waals surface area contributed by atoms with E-state index in [2.05, 4.69) is 9.88 Å². The van der Waals surface area contributed by atoms with Crippen LogP contribution in [-0.2, 0) is 26.0 Å². The van der Waals surface area contributed by atoms with Crippen molar-refractivity contribution in [1.29, 1.82) is 0 Å². The molecule has 0 bridgehead atoms. The molecule has 0 aliphatic carbocycles. The van der Waals surface area contributed by atoms with E-state index in [4.69, 9.17) is 21.1 Å². The van der Waals surface area contributed by atoms with Crippen LogP contribution in [0.15, 0.2) is 41.4 Å². The molecule has 1 aromatic carbocycles. The largest absolute Gasteiger partial charge is 0.495 e. The van der Waals surface area contributed by atoms with Gasteiger partial charge in [-0.25, -0.2) is 13.4 Å². The molecule has 0 radical (unpaired) electrons. The molecule has 2 fully saturated rings. The van der Waals surface area contributed by atoms with Gasteiger partial charge in [-0.1, -0.05) is 17.7 Å². The SMILES string of the molecule is COc1ccc(CC(=O)N2CCN(c3ccc(Cl)cn3)CC2)cc1S(=O)(=O)N1CCOCC1. The van der Waals surface area contributed by atoms with Crippen LogP contribution >= 0.6 is 11.6 Å². The summed E-state index contributed by atoms with van der Waals surface area (Å²) in [4.78, 5) is 21.3. The Morgan fingerprint density at radius 1 is 1.09 bits per heavy atom. The Kier molecular flexibility index (Phi) is 7.38. The van der Waals surface area contributed by atoms with Gasteiger partial charge in [-0.05, 0) is 29.8 Å². The van der Waals surface area contributed by atoms with Gasteiger partial charge in [0.1, 0.15) is 16.5 Å². The fourth-order valence-corrected chi connectivity index (χ4v) is 5.71. The summed E-state index contributed by atoms with van der Waals surface area (Å²) < 4.78 is 38.3. The lowest BCUT2D eigenvalue weighted by atomic mass is 10.1. The van der Waals surface area contributed by atoms with Gasteiger partial charge in [-0.15, -0.1) is 0 Å². The predicted molar refractivity (Wildman–Crippen MR) is 124 cm³/mol. The number of hydrogen-bond acceptors (Lipinski definition) is 7. The molecule has 3 heterocycles. The average molecular weight is 495 g/mol. The van der Waals surface area contributed by atoms with E-state index < -0.39 is 10.0 Å². The molecule has 0 saturated carbocycles. The summed E-state index contributed by atoms with van der Waals surface area (Å²) in [5.74, 6) is 1.06. The van der Waals surface area contributed by atoms with Crippen LogP contribution in [0.25, 0.3) is 0 Å². The molecule has 33 heavy (non-hydrogen) atoms. The average Bonchev–Trinajstić information content (AvgIpc) is 2.85. The van der Waals surface area contributed by atoms with Crippen LogP contribution in [0.4, 0.5) is 5.82 Å². The highest BCUT2D eigenvalue weighted by Crippen LogP contribution is 2.29. The van der Waals surface area contributed by atoms with E-state index in [1.807, 2.05) is 6.07 Å². The highest BCUT2D eigenvalue weighted by Gasteiger charge is 2.30. The number of anilines is 1. The van der Waals surface area contributed by atoms with Gasteiger partial charge in [0.05, 0.1) is 31.8 Å². The van der Waals surface area contributed by atoms with Crippen LogP contribution in [0.2, 0.25) is 5.02 Å². The zero-order valence-electron chi connectivity index (χ0n) is 18.4. The molecule has 4 rings (SSSR count). The standard InChI is InChI=1S/C22H27ClN4O5S/c1-31-19-4-2-17(14-20(19)33(29,30)27-10-12-32-13-11-27)15-22(28)26-8-6-25(7-9-26)21-5-3-18(23)16-24-21/h2-5,14,16H,6-13,15H2,1H3. The normalized spacial score (nSPS) is 17.8. The Morgan fingerprint density at radius 3 is 2.45 bits per heavy atom. The minimum Gasteiger partial charge on any atom is -0.495 e. The van der Waals surface area contributed by atoms with Crippen molar-refractivity contribution >= 4 is 33.3 Å². The first-order valence-electron chi connectivity index (χ1n) is 10.8. The number of piperazine rings is 1. The van der Waals surface area contributed by atoms with E-state index in [1.54, 1.807) is 35.4 Å². The molecule has 178 valence electrons. The van der Waals surface area contributed by atoms with Crippen LogP contribution in [-0.4, -0.2) is 88.1 Å². The Hall–Kier alpha value is -2.40. The van der Waals surface area contributed by atoms with Gasteiger partial charge in [-0.2, -0.15) is 4.31 Å². The minimum atomic E-state index is -3.75. The van der Waals surface area contributed by atoms with E-state index in [-0.39, 0.29) is 23.0 Å². The van der Waals surface area contributed by atoms with E-state index >= 15 is 0 Å². The first-order chi connectivity index (χ1) is 15.9. The first-order valence-corrected chi connectivity index (χ1v) is 12.6. The van der Waals surface area contributed by atoms with Crippen LogP contribution in [0.1, 0.15) is 5.56 Å². The van der Waals surface area contributed by atoms with Crippen molar-refractivity contribution in [3.63, 3.8) is 0 Å². The predicted octanol–water partition coefficient (Wildman–Crippen LogP) is 1.66. The van der Waals surface area contributed by atoms with Gasteiger partial charge in [0.25, 0.3) is 0 Å². The molecule has 1 amide bonds. The molecule has 0 N–H and O–H groups in total. The van der Waals surface area contributed by atoms with Crippen molar-refractivity contribution in [3.8, 4) is 5.75 Å². The number of carbonyl (C=O) groups is 1. The van der Waals surface area contributed by atoms with Crippen molar-refractivity contribution < 1.29 is 22.7 Å². The second-order valence-electron chi connectivity index (χ2n) is 7.88. The Balaban J connectivity index is 1.43. The molecule has 2 aliphatic rings. The molecule has 2 aromatic rings. The fraction of sp³-hybridized carbons (Fsp3) is 0.455. The highest BCUT2D eigenvalue weighted by molar-refractivity contribution is 7.89. The molecule has 2 aliphatic heterocycles. The summed E-state index contributed by atoms with van der Waals surface area (Å²) in [6.45, 7) is 3.77. The summed E-state index contributed by atoms with van der Waals surface area (Å²) in [7, 11) is -2.31. The topological polar surface area (TPSA) is 92.3 Å². The summed E-state index contributed by atoms with van der Waals surface area (Å²) in [6, 6.07) is 8.57. The molecule has 2 saturated heterocycles. The molecule has 11 heteroatoms. The lowest BCUT2D eigenvalue weighted by molar-refractivity contribution is -0.130. The molecule has 0 unspecified atom stereocenters. The number of methoxy groups -OCH3 is 1. The number of amides is 1. The van der Waals surface area contributed by atoms with Crippen molar-refractivity contribution in [3.05, 3.63) is 47.1 Å². The molecule has 0 atom stereocenters. The number of morpholine rings is 1. The number of ether oxygens (including phenoxy) is 2. The van der Waals surface area contributed by atoms with Crippen molar-refractivity contribution in [2.75, 3.05) is 64.5 Å². The Morgan fingerprint density at radius 2 is 1.82 bits per heavy atom. The summed E-state index contributed by atoms with van der Waals surface area (Å²) in [6.07, 6.45) is 1.73. The van der Waals surface area contributed by atoms with Gasteiger partial charge < -0.3 is 19.3 Å². The third kappa shape index (κ3) is 5.40. The third-order valence-electron chi connectivity index (χ3n) is 5.84. The van der Waals surface area contributed by atoms with Crippen molar-refractivity contribution in [2.24, 2.45) is 0 Å². The molecule has 1 aromatic heterocycles. The Bertz CT molecular complexity index is 1080. The highest BCUT2D eigenvalue weighted by atomic mass is 35.5. The fourth-order valence-electron chi connectivity index (χ4n) is 3.99. The van der Waals surface area contributed by atoms with Gasteiger partial charge >= 0.3 is 0 Å². The second-order valence-corrected chi connectivity index (χ2v) is 10.2. The van der Waals surface area contributed by atoms with Crippen LogP contribution < -0.4 is 9.64 Å². The number of rotatable bonds is 6. The lowest BCUT2D eigenvalue weighted by Gasteiger charge is -2.35. The third-order valence-corrected chi connectivity index (χ3v) is 7.98. The maximum absolute atomic E-state index is 13.2. The quantitative estimate of drug-likeness (QED) is 0.603. The summed E-state index contributed by atoms with van der Waals surface area (Å²) in [5, 5.41) is 0.585. The van der Waals surface area contributed by atoms with Gasteiger partial charge in [0.2, 0.25) is 15.9 Å². The summed E-state index contributed by atoms with van der Waals surface area (Å²) >= 11 is 5.91. The molecular formula is C22H27ClN4O5S. The number of pyridine rings is 1. The van der Waals surface area contributed by atoms with Crippen LogP contribution in [0.5, 0.6) is 5.75 Å². The Labute approximate surface area is 198 Å². The first kappa shape index (κ1) is 23.7. The molecule has 0 spiro atoms. The number of aromatic nitrogens is 1. The minimum absolute atomic E-state index is 0.0430. The molecular weight excluding hydrogens is 468 g/mol. The van der Waals surface area contributed by atoms with E-state index in [1.165, 1.54) is 11.4 Å². The number of halogens is 1. The van der Waals surface area contributed by atoms with Crippen molar-refractivity contribution in [2.45, 2.75) is 11.3 Å². The second kappa shape index (κ2) is 10.3. The summed E-state index contributed by atoms with van der Waals surface area (Å²) in [5.41, 5.74) is 0.634. The van der Waals surface area contributed by atoms with Gasteiger partial charge in [0, 0.05) is 45.5 Å². The lowest BCUT2D eigenvalue weighted by Crippen LogP contribution is -2.49. The number of sulfonamides is 1. The van der Waals surface area contributed by atoms with Gasteiger partial charge in [-0.3, -0.25) is 4.79 Å². The van der Waals surface area contributed by atoms with E-state index in [0.717, 1.165) is 5.82 Å². The van der Waals surface area contributed by atoms with Crippen molar-refractivity contribution in [1.82, 2.24) is 14.2 Å². The van der Waals surface area contributed by atoms with Crippen LogP contribution in [0, 0.1) is 0 Å². The zero-order chi connectivity index (χ0) is 23.4. The van der Waals surface area contributed by atoms with Gasteiger partial charge in [0.15, 0.2) is 0 Å². The number of carbonyl (C=O) groups excluding carboxylic acids is 1. The maximum atomic E-state index is 13.2. The van der Waals surface area contributed by atoms with E-state index in [0.29, 0.717) is 63.1 Å². The molecule has 9 nitrogen and oxygen atoms in total. The number of benzene rings is 1. The number of hydrogen-bond donors (Lipinski definition) is 0.